The first-order valence-electron chi connectivity index (χ1n) is 11.9. The second-order valence-corrected chi connectivity index (χ2v) is 10.0. The quantitative estimate of drug-likeness (QED) is 0.524. The van der Waals surface area contributed by atoms with Crippen LogP contribution in [0, 0.1) is 0 Å². The van der Waals surface area contributed by atoms with E-state index in [1.165, 1.54) is 23.5 Å². The molecule has 182 valence electrons. The highest BCUT2D eigenvalue weighted by Gasteiger charge is 2.26. The highest BCUT2D eigenvalue weighted by Crippen LogP contribution is 2.38. The van der Waals surface area contributed by atoms with Crippen molar-refractivity contribution in [3.8, 4) is 0 Å². The van der Waals surface area contributed by atoms with Crippen LogP contribution in [0.4, 0.5) is 5.00 Å². The van der Waals surface area contributed by atoms with Gasteiger partial charge in [0.05, 0.1) is 22.0 Å². The van der Waals surface area contributed by atoms with Crippen LogP contribution in [0.25, 0.3) is 10.9 Å². The second kappa shape index (κ2) is 9.61. The van der Waals surface area contributed by atoms with Crippen LogP contribution in [0.15, 0.2) is 23.0 Å². The molecule has 3 aromatic rings. The number of aromatic nitrogens is 2. The number of nitrogens with two attached hydrogens (primary N) is 1. The number of nitrogens with zero attached hydrogens (tertiary/aromatic N) is 2. The number of aryl methyl sites for hydroxylation is 2. The van der Waals surface area contributed by atoms with Crippen LogP contribution >= 0.6 is 11.3 Å². The summed E-state index contributed by atoms with van der Waals surface area (Å²) >= 11 is 1.34. The van der Waals surface area contributed by atoms with Crippen molar-refractivity contribution in [1.82, 2.24) is 9.55 Å². The molecule has 0 fully saturated rings. The van der Waals surface area contributed by atoms with E-state index in [-0.39, 0.29) is 11.1 Å². The van der Waals surface area contributed by atoms with Crippen molar-refractivity contribution in [2.75, 3.05) is 11.9 Å². The Morgan fingerprint density at radius 2 is 1.91 bits per heavy atom. The van der Waals surface area contributed by atoms with Gasteiger partial charge in [0.15, 0.2) is 6.61 Å². The number of esters is 1. The maximum Gasteiger partial charge on any atom is 0.338 e. The first-order chi connectivity index (χ1) is 16.9. The van der Waals surface area contributed by atoms with Crippen molar-refractivity contribution >= 4 is 45.0 Å². The number of primary amides is 1. The summed E-state index contributed by atoms with van der Waals surface area (Å²) in [7, 11) is 0. The fraction of sp³-hybridized carbons (Fsp3) is 0.400. The number of nitrogens with one attached hydrogen (secondary N) is 1. The third-order valence-electron chi connectivity index (χ3n) is 6.56. The lowest BCUT2D eigenvalue weighted by Gasteiger charge is -2.16. The molecule has 0 unspecified atom stereocenters. The zero-order valence-corrected chi connectivity index (χ0v) is 20.0. The molecule has 9 nitrogen and oxygen atoms in total. The smallest absolute Gasteiger partial charge is 0.338 e. The van der Waals surface area contributed by atoms with Gasteiger partial charge >= 0.3 is 5.97 Å². The highest BCUT2D eigenvalue weighted by molar-refractivity contribution is 7.17. The monoisotopic (exact) mass is 494 g/mol. The largest absolute Gasteiger partial charge is 0.452 e. The molecule has 1 aliphatic carbocycles. The number of rotatable bonds is 5. The van der Waals surface area contributed by atoms with E-state index in [1.54, 1.807) is 10.6 Å². The molecule has 0 spiro atoms. The van der Waals surface area contributed by atoms with Gasteiger partial charge in [-0.3, -0.25) is 19.0 Å². The maximum atomic E-state index is 13.0. The molecule has 3 heterocycles. The topological polar surface area (TPSA) is 133 Å². The fourth-order valence-corrected chi connectivity index (χ4v) is 6.16. The van der Waals surface area contributed by atoms with E-state index in [4.69, 9.17) is 10.5 Å². The summed E-state index contributed by atoms with van der Waals surface area (Å²) in [6.45, 7) is 0.138. The third kappa shape index (κ3) is 4.58. The predicted octanol–water partition coefficient (Wildman–Crippen LogP) is 2.96. The normalized spacial score (nSPS) is 15.1. The molecule has 5 rings (SSSR count). The molecule has 0 radical (unpaired) electrons. The molecule has 0 atom stereocenters. The van der Waals surface area contributed by atoms with E-state index < -0.39 is 24.4 Å². The Kier molecular flexibility index (Phi) is 6.38. The minimum absolute atomic E-state index is 0.0979. The second-order valence-electron chi connectivity index (χ2n) is 8.93. The van der Waals surface area contributed by atoms with Crippen molar-refractivity contribution in [3.05, 3.63) is 55.9 Å². The lowest BCUT2D eigenvalue weighted by Crippen LogP contribution is -2.26. The van der Waals surface area contributed by atoms with Gasteiger partial charge in [-0.05, 0) is 55.9 Å². The van der Waals surface area contributed by atoms with Crippen molar-refractivity contribution in [2.45, 2.75) is 57.9 Å². The Hall–Kier alpha value is -3.53. The summed E-state index contributed by atoms with van der Waals surface area (Å²) < 4.78 is 6.94. The van der Waals surface area contributed by atoms with Gasteiger partial charge in [0.1, 0.15) is 10.8 Å². The molecule has 0 bridgehead atoms. The van der Waals surface area contributed by atoms with Crippen molar-refractivity contribution < 1.29 is 19.1 Å². The van der Waals surface area contributed by atoms with Crippen LogP contribution in [0.1, 0.15) is 69.1 Å². The minimum atomic E-state index is -0.695. The SMILES string of the molecule is NC(=O)c1c(NC(=O)COC(=O)c2ccc3c(=O)n4c(nc3c2)CCCCCC4)sc2c1CCC2. The van der Waals surface area contributed by atoms with Crippen molar-refractivity contribution in [3.63, 3.8) is 0 Å². The lowest BCUT2D eigenvalue weighted by molar-refractivity contribution is -0.119. The van der Waals surface area contributed by atoms with E-state index in [0.29, 0.717) is 28.0 Å². The lowest BCUT2D eigenvalue weighted by atomic mass is 10.1. The van der Waals surface area contributed by atoms with Gasteiger partial charge in [0.25, 0.3) is 17.4 Å². The van der Waals surface area contributed by atoms with Crippen LogP contribution in [0.5, 0.6) is 0 Å². The number of carbonyl (C=O) groups excluding carboxylic acids is 3. The maximum absolute atomic E-state index is 13.0. The van der Waals surface area contributed by atoms with Crippen LogP contribution in [-0.4, -0.2) is 33.9 Å². The summed E-state index contributed by atoms with van der Waals surface area (Å²) in [6, 6.07) is 4.63. The Morgan fingerprint density at radius 1 is 1.09 bits per heavy atom. The van der Waals surface area contributed by atoms with Crippen LogP contribution in [0.3, 0.4) is 0 Å². The zero-order valence-electron chi connectivity index (χ0n) is 19.2. The predicted molar refractivity (Wildman–Crippen MR) is 132 cm³/mol. The molecule has 2 amide bonds. The molecule has 2 aromatic heterocycles. The van der Waals surface area contributed by atoms with Gasteiger partial charge in [-0.15, -0.1) is 11.3 Å². The average molecular weight is 495 g/mol. The summed E-state index contributed by atoms with van der Waals surface area (Å²) in [5.41, 5.74) is 7.33. The summed E-state index contributed by atoms with van der Waals surface area (Å²) in [5.74, 6) is -1.09. The Labute approximate surface area is 205 Å². The zero-order chi connectivity index (χ0) is 24.5. The number of anilines is 1. The van der Waals surface area contributed by atoms with E-state index in [9.17, 15) is 19.2 Å². The standard InChI is InChI=1S/C25H26N4O5S/c26-22(31)21-16-6-5-7-18(16)35-23(21)28-20(30)13-34-25(33)14-9-10-15-17(12-14)27-19-8-3-1-2-4-11-29(19)24(15)32/h9-10,12H,1-8,11,13H2,(H2,26,31)(H,28,30). The van der Waals surface area contributed by atoms with Gasteiger partial charge in [-0.25, -0.2) is 9.78 Å². The molecule has 0 saturated heterocycles. The van der Waals surface area contributed by atoms with Crippen LogP contribution in [-0.2, 0) is 35.3 Å². The number of ether oxygens (including phenoxy) is 1. The summed E-state index contributed by atoms with van der Waals surface area (Å²) in [4.78, 5) is 55.6. The first-order valence-corrected chi connectivity index (χ1v) is 12.7. The van der Waals surface area contributed by atoms with E-state index >= 15 is 0 Å². The van der Waals surface area contributed by atoms with Gasteiger partial charge in [0, 0.05) is 17.8 Å². The van der Waals surface area contributed by atoms with Crippen molar-refractivity contribution in [1.29, 1.82) is 0 Å². The average Bonchev–Trinajstić information content (AvgIpc) is 3.39. The van der Waals surface area contributed by atoms with E-state index in [2.05, 4.69) is 10.3 Å². The summed E-state index contributed by atoms with van der Waals surface area (Å²) in [6.07, 6.45) is 7.42. The molecule has 35 heavy (non-hydrogen) atoms. The molecule has 1 aliphatic heterocycles. The van der Waals surface area contributed by atoms with Crippen molar-refractivity contribution in [2.24, 2.45) is 5.73 Å². The number of hydrogen-bond acceptors (Lipinski definition) is 7. The van der Waals surface area contributed by atoms with Gasteiger partial charge in [0.2, 0.25) is 0 Å². The highest BCUT2D eigenvalue weighted by atomic mass is 32.1. The molecular formula is C25H26N4O5S. The van der Waals surface area contributed by atoms with Gasteiger partial charge in [-0.2, -0.15) is 0 Å². The van der Waals surface area contributed by atoms with E-state index in [1.807, 2.05) is 0 Å². The fourth-order valence-electron chi connectivity index (χ4n) is 4.85. The first kappa shape index (κ1) is 23.2. The Morgan fingerprint density at radius 3 is 2.74 bits per heavy atom. The molecular weight excluding hydrogens is 468 g/mol. The Bertz CT molecular complexity index is 1410. The Balaban J connectivity index is 1.29. The summed E-state index contributed by atoms with van der Waals surface area (Å²) in [5, 5.41) is 3.51. The number of hydrogen-bond donors (Lipinski definition) is 2. The number of carbonyl (C=O) groups is 3. The molecule has 1 aromatic carbocycles. The van der Waals surface area contributed by atoms with Gasteiger partial charge in [-0.1, -0.05) is 12.8 Å². The molecule has 3 N–H and O–H groups in total. The van der Waals surface area contributed by atoms with E-state index in [0.717, 1.165) is 67.6 Å². The van der Waals surface area contributed by atoms with Crippen LogP contribution < -0.4 is 16.6 Å². The number of fused-ring (bicyclic) bond motifs is 3. The number of amides is 2. The van der Waals surface area contributed by atoms with Crippen LogP contribution in [0.2, 0.25) is 0 Å². The molecule has 0 saturated carbocycles. The molecule has 10 heteroatoms. The minimum Gasteiger partial charge on any atom is -0.452 e. The number of benzene rings is 1. The third-order valence-corrected chi connectivity index (χ3v) is 7.76. The van der Waals surface area contributed by atoms with Gasteiger partial charge < -0.3 is 15.8 Å². The molecule has 2 aliphatic rings. The number of thiophene rings is 1.